The molecule has 1 atom stereocenters. The Morgan fingerprint density at radius 1 is 1.38 bits per heavy atom. The largest absolute Gasteiger partial charge is 0.444 e. The third-order valence-electron chi connectivity index (χ3n) is 3.59. The SMILES string of the molecule is CC(C)(C)OC(=O)N1CCCC(NC(=O)c2cc(Br)sc2NC(N)=O)C1. The van der Waals surface area contributed by atoms with Gasteiger partial charge >= 0.3 is 12.1 Å². The van der Waals surface area contributed by atoms with Crippen molar-refractivity contribution in [1.82, 2.24) is 10.2 Å². The van der Waals surface area contributed by atoms with Crippen molar-refractivity contribution in [3.63, 3.8) is 0 Å². The summed E-state index contributed by atoms with van der Waals surface area (Å²) in [4.78, 5) is 37.5. The van der Waals surface area contributed by atoms with Crippen LogP contribution in [-0.4, -0.2) is 47.7 Å². The molecule has 1 aliphatic heterocycles. The Hall–Kier alpha value is -1.81. The number of likely N-dealkylation sites (tertiary alicyclic amines) is 1. The summed E-state index contributed by atoms with van der Waals surface area (Å²) < 4.78 is 6.09. The number of hydrogen-bond donors (Lipinski definition) is 3. The average molecular weight is 447 g/mol. The Kier molecular flexibility index (Phi) is 6.51. The number of urea groups is 1. The van der Waals surface area contributed by atoms with E-state index < -0.39 is 11.6 Å². The fourth-order valence-electron chi connectivity index (χ4n) is 2.58. The van der Waals surface area contributed by atoms with Gasteiger partial charge in [0.1, 0.15) is 10.6 Å². The Morgan fingerprint density at radius 3 is 2.69 bits per heavy atom. The second-order valence-electron chi connectivity index (χ2n) is 7.02. The van der Waals surface area contributed by atoms with Gasteiger partial charge in [-0.2, -0.15) is 0 Å². The number of nitrogens with zero attached hydrogens (tertiary/aromatic N) is 1. The Balaban J connectivity index is 2.01. The van der Waals surface area contributed by atoms with E-state index in [1.165, 1.54) is 11.3 Å². The Labute approximate surface area is 164 Å². The number of piperidine rings is 1. The van der Waals surface area contributed by atoms with Gasteiger partial charge in [-0.15, -0.1) is 11.3 Å². The average Bonchev–Trinajstić information content (AvgIpc) is 2.85. The number of primary amides is 1. The van der Waals surface area contributed by atoms with Crippen molar-refractivity contribution < 1.29 is 19.1 Å². The number of ether oxygens (including phenoxy) is 1. The summed E-state index contributed by atoms with van der Waals surface area (Å²) in [6.45, 7) is 6.42. The van der Waals surface area contributed by atoms with Gasteiger partial charge in [-0.05, 0) is 55.6 Å². The molecule has 2 heterocycles. The summed E-state index contributed by atoms with van der Waals surface area (Å²) in [5.41, 5.74) is 4.91. The van der Waals surface area contributed by atoms with Crippen molar-refractivity contribution in [1.29, 1.82) is 0 Å². The Morgan fingerprint density at radius 2 is 2.08 bits per heavy atom. The van der Waals surface area contributed by atoms with Crippen LogP contribution in [0.2, 0.25) is 0 Å². The van der Waals surface area contributed by atoms with Crippen LogP contribution in [0.3, 0.4) is 0 Å². The van der Waals surface area contributed by atoms with Crippen LogP contribution >= 0.6 is 27.3 Å². The van der Waals surface area contributed by atoms with Crippen LogP contribution in [0.5, 0.6) is 0 Å². The Bertz CT molecular complexity index is 701. The predicted octanol–water partition coefficient (Wildman–Crippen LogP) is 3.13. The lowest BCUT2D eigenvalue weighted by atomic mass is 10.1. The van der Waals surface area contributed by atoms with Crippen LogP contribution in [0.4, 0.5) is 14.6 Å². The van der Waals surface area contributed by atoms with Gasteiger partial charge in [-0.1, -0.05) is 0 Å². The first-order valence-corrected chi connectivity index (χ1v) is 9.80. The van der Waals surface area contributed by atoms with Crippen LogP contribution in [0.1, 0.15) is 44.0 Å². The number of halogens is 1. The zero-order valence-corrected chi connectivity index (χ0v) is 17.3. The summed E-state index contributed by atoms with van der Waals surface area (Å²) in [7, 11) is 0. The number of nitrogens with two attached hydrogens (primary N) is 1. The first-order valence-electron chi connectivity index (χ1n) is 8.20. The van der Waals surface area contributed by atoms with Crippen molar-refractivity contribution in [3.05, 3.63) is 15.4 Å². The van der Waals surface area contributed by atoms with E-state index in [0.29, 0.717) is 27.4 Å². The van der Waals surface area contributed by atoms with E-state index in [4.69, 9.17) is 10.5 Å². The number of anilines is 1. The summed E-state index contributed by atoms with van der Waals surface area (Å²) in [5.74, 6) is -0.327. The molecule has 0 saturated carbocycles. The number of amides is 4. The minimum absolute atomic E-state index is 0.191. The van der Waals surface area contributed by atoms with Gasteiger partial charge in [-0.3, -0.25) is 10.1 Å². The van der Waals surface area contributed by atoms with Crippen molar-refractivity contribution in [2.45, 2.75) is 45.3 Å². The first kappa shape index (κ1) is 20.5. The van der Waals surface area contributed by atoms with Crippen molar-refractivity contribution in [3.8, 4) is 0 Å². The molecule has 26 heavy (non-hydrogen) atoms. The van der Waals surface area contributed by atoms with Crippen LogP contribution in [0.15, 0.2) is 9.85 Å². The van der Waals surface area contributed by atoms with Crippen LogP contribution in [0.25, 0.3) is 0 Å². The fourth-order valence-corrected chi connectivity index (χ4v) is 4.08. The number of carbonyl (C=O) groups is 3. The smallest absolute Gasteiger partial charge is 0.410 e. The number of thiophene rings is 1. The van der Waals surface area contributed by atoms with Gasteiger partial charge in [0, 0.05) is 19.1 Å². The highest BCUT2D eigenvalue weighted by Crippen LogP contribution is 2.32. The highest BCUT2D eigenvalue weighted by atomic mass is 79.9. The maximum absolute atomic E-state index is 12.6. The molecule has 1 aliphatic rings. The van der Waals surface area contributed by atoms with Gasteiger partial charge in [0.25, 0.3) is 5.91 Å². The van der Waals surface area contributed by atoms with E-state index in [1.54, 1.807) is 11.0 Å². The minimum atomic E-state index is -0.734. The third kappa shape index (κ3) is 5.87. The molecular formula is C16H23BrN4O4S. The van der Waals surface area contributed by atoms with Crippen molar-refractivity contribution in [2.24, 2.45) is 5.73 Å². The quantitative estimate of drug-likeness (QED) is 0.661. The van der Waals surface area contributed by atoms with E-state index in [9.17, 15) is 14.4 Å². The van der Waals surface area contributed by atoms with E-state index in [2.05, 4.69) is 26.6 Å². The van der Waals surface area contributed by atoms with E-state index in [-0.39, 0.29) is 18.0 Å². The van der Waals surface area contributed by atoms with Crippen LogP contribution in [-0.2, 0) is 4.74 Å². The second-order valence-corrected chi connectivity index (χ2v) is 9.45. The lowest BCUT2D eigenvalue weighted by Gasteiger charge is -2.34. The predicted molar refractivity (Wildman–Crippen MR) is 104 cm³/mol. The molecular weight excluding hydrogens is 424 g/mol. The fraction of sp³-hybridized carbons (Fsp3) is 0.562. The number of rotatable bonds is 3. The maximum Gasteiger partial charge on any atom is 0.410 e. The van der Waals surface area contributed by atoms with Crippen molar-refractivity contribution in [2.75, 3.05) is 18.4 Å². The summed E-state index contributed by atoms with van der Waals surface area (Å²) >= 11 is 4.50. The minimum Gasteiger partial charge on any atom is -0.444 e. The molecule has 0 spiro atoms. The molecule has 144 valence electrons. The molecule has 0 aromatic carbocycles. The van der Waals surface area contributed by atoms with Gasteiger partial charge < -0.3 is 20.7 Å². The highest BCUT2D eigenvalue weighted by Gasteiger charge is 2.29. The maximum atomic E-state index is 12.6. The monoisotopic (exact) mass is 446 g/mol. The normalized spacial score (nSPS) is 17.5. The zero-order valence-electron chi connectivity index (χ0n) is 14.9. The molecule has 4 N–H and O–H groups in total. The molecule has 1 aromatic rings. The molecule has 1 fully saturated rings. The van der Waals surface area contributed by atoms with Crippen LogP contribution in [0, 0.1) is 0 Å². The first-order chi connectivity index (χ1) is 12.0. The van der Waals surface area contributed by atoms with Gasteiger partial charge in [0.15, 0.2) is 0 Å². The molecule has 10 heteroatoms. The topological polar surface area (TPSA) is 114 Å². The lowest BCUT2D eigenvalue weighted by molar-refractivity contribution is 0.0185. The molecule has 1 unspecified atom stereocenters. The summed E-state index contributed by atoms with van der Waals surface area (Å²) in [6, 6.07) is 0.700. The summed E-state index contributed by atoms with van der Waals surface area (Å²) in [6.07, 6.45) is 1.14. The molecule has 1 aromatic heterocycles. The summed E-state index contributed by atoms with van der Waals surface area (Å²) in [5, 5.41) is 5.74. The standard InChI is InChI=1S/C16H23BrN4O4S/c1-16(2,3)25-15(24)21-6-4-5-9(8-21)19-12(22)10-7-11(17)26-13(10)20-14(18)23/h7,9H,4-6,8H2,1-3H3,(H,19,22)(H3,18,20,23). The van der Waals surface area contributed by atoms with Gasteiger partial charge in [-0.25, -0.2) is 9.59 Å². The molecule has 2 rings (SSSR count). The molecule has 1 saturated heterocycles. The molecule has 8 nitrogen and oxygen atoms in total. The van der Waals surface area contributed by atoms with Crippen LogP contribution < -0.4 is 16.4 Å². The zero-order chi connectivity index (χ0) is 19.5. The lowest BCUT2D eigenvalue weighted by Crippen LogP contribution is -2.50. The van der Waals surface area contributed by atoms with E-state index in [0.717, 1.165) is 12.8 Å². The molecule has 0 bridgehead atoms. The van der Waals surface area contributed by atoms with Gasteiger partial charge in [0.05, 0.1) is 9.35 Å². The number of hydrogen-bond acceptors (Lipinski definition) is 5. The van der Waals surface area contributed by atoms with E-state index in [1.807, 2.05) is 20.8 Å². The molecule has 0 aliphatic carbocycles. The second kappa shape index (κ2) is 8.26. The molecule has 4 amide bonds. The number of nitrogens with one attached hydrogen (secondary N) is 2. The molecule has 0 radical (unpaired) electrons. The van der Waals surface area contributed by atoms with E-state index >= 15 is 0 Å². The number of carbonyl (C=O) groups excluding carboxylic acids is 3. The van der Waals surface area contributed by atoms with Crippen molar-refractivity contribution >= 4 is 50.3 Å². The third-order valence-corrected chi connectivity index (χ3v) is 5.15. The van der Waals surface area contributed by atoms with Gasteiger partial charge in [0.2, 0.25) is 0 Å². The highest BCUT2D eigenvalue weighted by molar-refractivity contribution is 9.11.